The molecule has 3 nitrogen and oxygen atoms in total. The molecule has 0 spiro atoms. The summed E-state index contributed by atoms with van der Waals surface area (Å²) in [6.45, 7) is 0. The minimum atomic E-state index is 0.169. The smallest absolute Gasteiger partial charge is 0.133 e. The van der Waals surface area contributed by atoms with E-state index in [2.05, 4.69) is 9.97 Å². The molecule has 82 valence electrons. The van der Waals surface area contributed by atoms with E-state index >= 15 is 0 Å². The number of benzene rings is 1. The Kier molecular flexibility index (Phi) is 2.22. The number of aromatic nitrogens is 2. The second kappa shape index (κ2) is 3.87. The molecule has 0 unspecified atom stereocenters. The molecule has 0 fully saturated rings. The van der Waals surface area contributed by atoms with E-state index in [1.165, 1.54) is 6.20 Å². The van der Waals surface area contributed by atoms with Crippen molar-refractivity contribution in [1.82, 2.24) is 9.97 Å². The van der Waals surface area contributed by atoms with Gasteiger partial charge in [0.05, 0.1) is 17.4 Å². The Balaban J connectivity index is 2.14. The van der Waals surface area contributed by atoms with E-state index in [1.807, 2.05) is 30.3 Å². The van der Waals surface area contributed by atoms with Gasteiger partial charge in [-0.3, -0.25) is 9.97 Å². The standard InChI is InChI=1S/C14H10N2O/c17-12-5-6-14(16-9-12)11-7-10-3-1-2-4-13(10)15-8-11/h1-9,17H. The first kappa shape index (κ1) is 9.78. The fourth-order valence-electron chi connectivity index (χ4n) is 1.77. The zero-order chi connectivity index (χ0) is 11.7. The third-order valence-electron chi connectivity index (χ3n) is 2.63. The van der Waals surface area contributed by atoms with E-state index in [1.54, 1.807) is 18.3 Å². The van der Waals surface area contributed by atoms with Gasteiger partial charge < -0.3 is 5.11 Å². The summed E-state index contributed by atoms with van der Waals surface area (Å²) in [5, 5.41) is 10.3. The van der Waals surface area contributed by atoms with Crippen LogP contribution >= 0.6 is 0 Å². The van der Waals surface area contributed by atoms with Gasteiger partial charge in [0, 0.05) is 17.1 Å². The van der Waals surface area contributed by atoms with Gasteiger partial charge in [-0.1, -0.05) is 18.2 Å². The number of rotatable bonds is 1. The molecule has 17 heavy (non-hydrogen) atoms. The summed E-state index contributed by atoms with van der Waals surface area (Å²) < 4.78 is 0. The third kappa shape index (κ3) is 1.83. The van der Waals surface area contributed by atoms with Crippen molar-refractivity contribution in [2.24, 2.45) is 0 Å². The Morgan fingerprint density at radius 1 is 0.882 bits per heavy atom. The fourth-order valence-corrected chi connectivity index (χ4v) is 1.77. The van der Waals surface area contributed by atoms with Crippen LogP contribution in [0.5, 0.6) is 5.75 Å². The van der Waals surface area contributed by atoms with E-state index in [0.29, 0.717) is 0 Å². The monoisotopic (exact) mass is 222 g/mol. The van der Waals surface area contributed by atoms with Gasteiger partial charge in [-0.2, -0.15) is 0 Å². The zero-order valence-corrected chi connectivity index (χ0v) is 9.04. The van der Waals surface area contributed by atoms with Crippen molar-refractivity contribution in [3.63, 3.8) is 0 Å². The highest BCUT2D eigenvalue weighted by Gasteiger charge is 2.01. The van der Waals surface area contributed by atoms with Crippen LogP contribution in [-0.2, 0) is 0 Å². The van der Waals surface area contributed by atoms with Crippen LogP contribution in [0.3, 0.4) is 0 Å². The van der Waals surface area contributed by atoms with Gasteiger partial charge >= 0.3 is 0 Å². The lowest BCUT2D eigenvalue weighted by Gasteiger charge is -2.02. The van der Waals surface area contributed by atoms with Crippen LogP contribution in [-0.4, -0.2) is 15.1 Å². The van der Waals surface area contributed by atoms with Crippen LogP contribution in [0.4, 0.5) is 0 Å². The molecule has 3 heteroatoms. The fraction of sp³-hybridized carbons (Fsp3) is 0. The Labute approximate surface area is 98.4 Å². The summed E-state index contributed by atoms with van der Waals surface area (Å²) in [5.41, 5.74) is 2.72. The molecule has 0 aliphatic rings. The number of fused-ring (bicyclic) bond motifs is 1. The van der Waals surface area contributed by atoms with E-state index in [-0.39, 0.29) is 5.75 Å². The average Bonchev–Trinajstić information content (AvgIpc) is 2.39. The van der Waals surface area contributed by atoms with Gasteiger partial charge in [-0.05, 0) is 24.3 Å². The third-order valence-corrected chi connectivity index (χ3v) is 2.63. The molecule has 0 aliphatic heterocycles. The maximum absolute atomic E-state index is 9.20. The van der Waals surface area contributed by atoms with E-state index in [0.717, 1.165) is 22.2 Å². The molecule has 3 aromatic rings. The SMILES string of the molecule is Oc1ccc(-c2cnc3ccccc3c2)nc1. The van der Waals surface area contributed by atoms with Crippen molar-refractivity contribution >= 4 is 10.9 Å². The molecule has 2 aromatic heterocycles. The maximum atomic E-state index is 9.20. The first-order chi connectivity index (χ1) is 8.33. The van der Waals surface area contributed by atoms with Gasteiger partial charge in [0.25, 0.3) is 0 Å². The van der Waals surface area contributed by atoms with E-state index in [4.69, 9.17) is 0 Å². The highest BCUT2D eigenvalue weighted by atomic mass is 16.3. The van der Waals surface area contributed by atoms with Crippen molar-refractivity contribution in [2.75, 3.05) is 0 Å². The van der Waals surface area contributed by atoms with Gasteiger partial charge in [-0.25, -0.2) is 0 Å². The maximum Gasteiger partial charge on any atom is 0.133 e. The lowest BCUT2D eigenvalue weighted by atomic mass is 10.1. The number of hydrogen-bond acceptors (Lipinski definition) is 3. The van der Waals surface area contributed by atoms with Gasteiger partial charge in [-0.15, -0.1) is 0 Å². The summed E-state index contributed by atoms with van der Waals surface area (Å²) in [5.74, 6) is 0.169. The van der Waals surface area contributed by atoms with Crippen LogP contribution in [0, 0.1) is 0 Å². The Morgan fingerprint density at radius 2 is 1.76 bits per heavy atom. The van der Waals surface area contributed by atoms with E-state index in [9.17, 15) is 5.11 Å². The van der Waals surface area contributed by atoms with Gasteiger partial charge in [0.1, 0.15) is 5.75 Å². The Morgan fingerprint density at radius 3 is 2.59 bits per heavy atom. The Bertz CT molecular complexity index is 662. The minimum Gasteiger partial charge on any atom is -0.506 e. The second-order valence-electron chi connectivity index (χ2n) is 3.82. The molecule has 0 radical (unpaired) electrons. The number of nitrogens with zero attached hydrogens (tertiary/aromatic N) is 2. The average molecular weight is 222 g/mol. The molecule has 0 saturated carbocycles. The number of hydrogen-bond donors (Lipinski definition) is 1. The number of para-hydroxylation sites is 1. The zero-order valence-electron chi connectivity index (χ0n) is 9.04. The lowest BCUT2D eigenvalue weighted by molar-refractivity contribution is 0.473. The summed E-state index contributed by atoms with van der Waals surface area (Å²) in [6, 6.07) is 13.4. The summed E-state index contributed by atoms with van der Waals surface area (Å²) >= 11 is 0. The minimum absolute atomic E-state index is 0.169. The number of aromatic hydroxyl groups is 1. The highest BCUT2D eigenvalue weighted by Crippen LogP contribution is 2.21. The van der Waals surface area contributed by atoms with E-state index < -0.39 is 0 Å². The topological polar surface area (TPSA) is 46.0 Å². The van der Waals surface area contributed by atoms with Crippen LogP contribution in [0.25, 0.3) is 22.2 Å². The van der Waals surface area contributed by atoms with Crippen LogP contribution < -0.4 is 0 Å². The summed E-state index contributed by atoms with van der Waals surface area (Å²) in [7, 11) is 0. The van der Waals surface area contributed by atoms with Crippen LogP contribution in [0.1, 0.15) is 0 Å². The second-order valence-corrected chi connectivity index (χ2v) is 3.82. The van der Waals surface area contributed by atoms with Crippen molar-refractivity contribution in [3.05, 3.63) is 54.9 Å². The quantitative estimate of drug-likeness (QED) is 0.688. The first-order valence-electron chi connectivity index (χ1n) is 5.33. The van der Waals surface area contributed by atoms with Crippen molar-refractivity contribution in [1.29, 1.82) is 0 Å². The van der Waals surface area contributed by atoms with Gasteiger partial charge in [0.2, 0.25) is 0 Å². The lowest BCUT2D eigenvalue weighted by Crippen LogP contribution is -1.85. The van der Waals surface area contributed by atoms with Crippen LogP contribution in [0.2, 0.25) is 0 Å². The number of pyridine rings is 2. The van der Waals surface area contributed by atoms with Crippen molar-refractivity contribution in [3.8, 4) is 17.0 Å². The predicted octanol–water partition coefficient (Wildman–Crippen LogP) is 3.00. The van der Waals surface area contributed by atoms with Crippen LogP contribution in [0.15, 0.2) is 54.9 Å². The summed E-state index contributed by atoms with van der Waals surface area (Å²) in [4.78, 5) is 8.54. The first-order valence-corrected chi connectivity index (χ1v) is 5.33. The molecule has 0 bridgehead atoms. The molecule has 0 amide bonds. The predicted molar refractivity (Wildman–Crippen MR) is 66.6 cm³/mol. The van der Waals surface area contributed by atoms with Crippen molar-refractivity contribution in [2.45, 2.75) is 0 Å². The van der Waals surface area contributed by atoms with Crippen molar-refractivity contribution < 1.29 is 5.11 Å². The molecule has 2 heterocycles. The molecule has 0 atom stereocenters. The largest absolute Gasteiger partial charge is 0.506 e. The normalized spacial score (nSPS) is 10.6. The highest BCUT2D eigenvalue weighted by molar-refractivity contribution is 5.82. The molecular weight excluding hydrogens is 212 g/mol. The molecule has 3 rings (SSSR count). The molecule has 1 aromatic carbocycles. The Hall–Kier alpha value is -2.42. The molecule has 0 saturated heterocycles. The van der Waals surface area contributed by atoms with Gasteiger partial charge in [0.15, 0.2) is 0 Å². The molecule has 0 aliphatic carbocycles. The summed E-state index contributed by atoms with van der Waals surface area (Å²) in [6.07, 6.45) is 3.23. The molecular formula is C14H10N2O. The molecule has 1 N–H and O–H groups in total.